The van der Waals surface area contributed by atoms with Gasteiger partial charge in [0.1, 0.15) is 11.5 Å². The van der Waals surface area contributed by atoms with Gasteiger partial charge in [0.15, 0.2) is 0 Å². The summed E-state index contributed by atoms with van der Waals surface area (Å²) in [5, 5.41) is 71.0. The van der Waals surface area contributed by atoms with Gasteiger partial charge in [0.2, 0.25) is 0 Å². The van der Waals surface area contributed by atoms with Crippen LogP contribution in [0, 0.1) is 5.92 Å². The summed E-state index contributed by atoms with van der Waals surface area (Å²) < 4.78 is 4.25. The minimum Gasteiger partial charge on any atom is -0.508 e. The van der Waals surface area contributed by atoms with Gasteiger partial charge in [0.05, 0.1) is 0 Å². The molecule has 584 valence electrons. The lowest BCUT2D eigenvalue weighted by Gasteiger charge is -2.27. The maximum Gasteiger partial charge on any atom is 0.118 e. The SMILES string of the molecule is CC.CC.CC(C)C.CCCc1cc(C(C)(C)c2ccc(O)cc2)ccc1O.CCCc1ccc2ccccc2c1.CCCc1ccccc1.CCCc1ccccc1.CCCc1ccccc1.CCCc1ccccc1.CCCc1ccccc1.CO.CO.CO.CO.CO.CO.CO.COC. The van der Waals surface area contributed by atoms with Gasteiger partial charge in [-0.3, -0.25) is 0 Å². The number of rotatable bonds is 16. The zero-order valence-corrected chi connectivity index (χ0v) is 69.4. The zero-order chi connectivity index (χ0) is 80.8. The van der Waals surface area contributed by atoms with Gasteiger partial charge < -0.3 is 50.7 Å². The number of hydrogen-bond acceptors (Lipinski definition) is 10. The summed E-state index contributed by atoms with van der Waals surface area (Å²) >= 11 is 0. The van der Waals surface area contributed by atoms with Crippen LogP contribution in [0.5, 0.6) is 11.5 Å². The smallest absolute Gasteiger partial charge is 0.118 e. The average molecular weight is 1430 g/mol. The second kappa shape index (κ2) is 92.5. The Hall–Kier alpha value is -7.48. The predicted molar refractivity (Wildman–Crippen MR) is 456 cm³/mol. The fourth-order valence-corrected chi connectivity index (χ4v) is 8.84. The number of aromatic hydroxyl groups is 2. The van der Waals surface area contributed by atoms with Crippen molar-refractivity contribution in [2.75, 3.05) is 64.0 Å². The molecule has 9 aromatic carbocycles. The van der Waals surface area contributed by atoms with E-state index in [0.29, 0.717) is 5.75 Å². The molecule has 10 nitrogen and oxygen atoms in total. The molecule has 0 aliphatic carbocycles. The van der Waals surface area contributed by atoms with Crippen LogP contribution in [0.2, 0.25) is 0 Å². The molecular formula is C93H152O10. The number of benzene rings is 9. The highest BCUT2D eigenvalue weighted by Gasteiger charge is 2.24. The van der Waals surface area contributed by atoms with Crippen molar-refractivity contribution in [3.8, 4) is 11.5 Å². The summed E-state index contributed by atoms with van der Waals surface area (Å²) in [6, 6.07) is 81.3. The Balaban J connectivity index is -0.000000138. The third kappa shape index (κ3) is 68.7. The van der Waals surface area contributed by atoms with E-state index in [1.807, 2.05) is 45.9 Å². The Bertz CT molecular complexity index is 2680. The van der Waals surface area contributed by atoms with Crippen molar-refractivity contribution >= 4 is 10.8 Å². The number of methoxy groups -OCH3 is 1. The molecule has 0 aliphatic heterocycles. The topological polar surface area (TPSA) is 191 Å². The fraction of sp³-hybridized carbons (Fsp3) is 0.441. The van der Waals surface area contributed by atoms with Crippen LogP contribution in [0.4, 0.5) is 0 Å². The van der Waals surface area contributed by atoms with E-state index < -0.39 is 0 Å². The Labute approximate surface area is 632 Å². The van der Waals surface area contributed by atoms with Crippen molar-refractivity contribution in [2.24, 2.45) is 5.92 Å². The van der Waals surface area contributed by atoms with Crippen molar-refractivity contribution in [3.05, 3.63) is 287 Å². The van der Waals surface area contributed by atoms with E-state index >= 15 is 0 Å². The quantitative estimate of drug-likeness (QED) is 0.0450. The van der Waals surface area contributed by atoms with E-state index in [-0.39, 0.29) is 11.2 Å². The van der Waals surface area contributed by atoms with E-state index in [0.717, 1.165) is 79.7 Å². The third-order valence-corrected chi connectivity index (χ3v) is 13.2. The number of aryl methyl sites for hydroxylation is 7. The highest BCUT2D eigenvalue weighted by atomic mass is 16.4. The lowest BCUT2D eigenvalue weighted by atomic mass is 9.77. The summed E-state index contributed by atoms with van der Waals surface area (Å²) in [6.07, 6.45) is 16.5. The second-order valence-electron chi connectivity index (χ2n) is 22.5. The maximum atomic E-state index is 9.91. The largest absolute Gasteiger partial charge is 0.508 e. The van der Waals surface area contributed by atoms with Gasteiger partial charge in [-0.25, -0.2) is 0 Å². The first-order chi connectivity index (χ1) is 50.2. The van der Waals surface area contributed by atoms with Gasteiger partial charge in [-0.15, -0.1) is 0 Å². The standard InChI is InChI=1S/C18H22O2.C13H14.5C9H12.C4H10.C2H6O.2C2H6.7CH4O/c1-4-5-13-12-15(8-11-17(13)20)18(2,3)14-6-9-16(19)10-7-14;1-2-5-11-8-9-12-6-3-4-7-13(12)10-11;5*1-2-6-9-7-4-3-5-8-9;1-4(2)3;1-3-2;9*1-2/h6-12,19-20H,4-5H2,1-3H3;3-4,6-10H,2,5H2,1H3;5*3-5,7-8H,2,6H2,1H3;4H,1-3H3;1-2H3;2*1-2H3;7*2H,1H3. The molecule has 0 saturated heterocycles. The van der Waals surface area contributed by atoms with Crippen LogP contribution in [0.3, 0.4) is 0 Å². The highest BCUT2D eigenvalue weighted by molar-refractivity contribution is 5.83. The van der Waals surface area contributed by atoms with Crippen molar-refractivity contribution in [1.82, 2.24) is 0 Å². The zero-order valence-electron chi connectivity index (χ0n) is 69.4. The fourth-order valence-electron chi connectivity index (χ4n) is 8.84. The van der Waals surface area contributed by atoms with Gasteiger partial charge in [-0.05, 0) is 130 Å². The molecule has 0 fully saturated rings. The lowest BCUT2D eigenvalue weighted by Crippen LogP contribution is -2.19. The number of phenolic OH excluding ortho intramolecular Hbond substituents is 2. The van der Waals surface area contributed by atoms with Crippen LogP contribution in [0.1, 0.15) is 206 Å². The average Bonchev–Trinajstić information content (AvgIpc) is 0.799. The first-order valence-corrected chi connectivity index (χ1v) is 37.0. The Kier molecular flexibility index (Phi) is 102. The Morgan fingerprint density at radius 2 is 0.515 bits per heavy atom. The molecule has 0 bridgehead atoms. The minimum atomic E-state index is -0.163. The summed E-state index contributed by atoms with van der Waals surface area (Å²) in [5.74, 6) is 1.49. The number of fused-ring (bicyclic) bond motifs is 1. The molecule has 0 aromatic heterocycles. The van der Waals surface area contributed by atoms with E-state index in [2.05, 4.69) is 288 Å². The van der Waals surface area contributed by atoms with Gasteiger partial charge in [0, 0.05) is 69.4 Å². The van der Waals surface area contributed by atoms with Crippen LogP contribution in [-0.2, 0) is 55.1 Å². The summed E-state index contributed by atoms with van der Waals surface area (Å²) in [5.41, 5.74) is 11.8. The molecule has 0 atom stereocenters. The number of ether oxygens (including phenoxy) is 1. The number of phenols is 2. The van der Waals surface area contributed by atoms with E-state index in [1.165, 1.54) is 127 Å². The predicted octanol–water partition coefficient (Wildman–Crippen LogP) is 22.6. The molecule has 0 saturated carbocycles. The molecule has 103 heavy (non-hydrogen) atoms. The van der Waals surface area contributed by atoms with E-state index in [1.54, 1.807) is 32.4 Å². The number of aliphatic hydroxyl groups is 7. The van der Waals surface area contributed by atoms with Crippen LogP contribution in [0.15, 0.2) is 237 Å². The van der Waals surface area contributed by atoms with Crippen LogP contribution in [-0.4, -0.2) is 110 Å². The molecule has 0 spiro atoms. The van der Waals surface area contributed by atoms with Gasteiger partial charge in [-0.2, -0.15) is 0 Å². The third-order valence-electron chi connectivity index (χ3n) is 13.2. The van der Waals surface area contributed by atoms with E-state index in [4.69, 9.17) is 35.7 Å². The van der Waals surface area contributed by atoms with Crippen LogP contribution < -0.4 is 0 Å². The molecule has 9 rings (SSSR count). The van der Waals surface area contributed by atoms with E-state index in [9.17, 15) is 10.2 Å². The first kappa shape index (κ1) is 114. The maximum absolute atomic E-state index is 9.91. The normalized spacial score (nSPS) is 8.75. The molecule has 0 amide bonds. The molecule has 9 aromatic rings. The molecule has 10 heteroatoms. The van der Waals surface area contributed by atoms with Crippen LogP contribution >= 0.6 is 0 Å². The highest BCUT2D eigenvalue weighted by Crippen LogP contribution is 2.35. The second-order valence-corrected chi connectivity index (χ2v) is 22.5. The molecule has 0 radical (unpaired) electrons. The van der Waals surface area contributed by atoms with Gasteiger partial charge in [-0.1, -0.05) is 374 Å². The monoisotopic (exact) mass is 1430 g/mol. The molecule has 0 aliphatic rings. The van der Waals surface area contributed by atoms with Crippen molar-refractivity contribution in [3.63, 3.8) is 0 Å². The molecule has 9 N–H and O–H groups in total. The lowest BCUT2D eigenvalue weighted by molar-refractivity contribution is 0.277. The first-order valence-electron chi connectivity index (χ1n) is 37.0. The number of aliphatic hydroxyl groups excluding tert-OH is 7. The van der Waals surface area contributed by atoms with Crippen LogP contribution in [0.25, 0.3) is 10.8 Å². The van der Waals surface area contributed by atoms with Crippen molar-refractivity contribution in [2.45, 2.75) is 206 Å². The molecular weight excluding hydrogens is 1280 g/mol. The Morgan fingerprint density at radius 1 is 0.282 bits per heavy atom. The summed E-state index contributed by atoms with van der Waals surface area (Å²) in [7, 11) is 10.2. The number of hydrogen-bond donors (Lipinski definition) is 9. The molecule has 0 heterocycles. The van der Waals surface area contributed by atoms with Gasteiger partial charge >= 0.3 is 0 Å². The summed E-state index contributed by atoms with van der Waals surface area (Å²) in [4.78, 5) is 0. The van der Waals surface area contributed by atoms with Crippen molar-refractivity contribution in [1.29, 1.82) is 0 Å². The molecule has 0 unspecified atom stereocenters. The van der Waals surface area contributed by atoms with Gasteiger partial charge in [0.25, 0.3) is 0 Å². The van der Waals surface area contributed by atoms with Crippen molar-refractivity contribution < 1.29 is 50.7 Å². The summed E-state index contributed by atoms with van der Waals surface area (Å²) in [6.45, 7) is 34.1. The Morgan fingerprint density at radius 3 is 0.777 bits per heavy atom. The minimum absolute atomic E-state index is 0.163.